The highest BCUT2D eigenvalue weighted by atomic mass is 16.2. The zero-order valence-electron chi connectivity index (χ0n) is 18.4. The number of likely N-dealkylation sites (N-methyl/N-ethyl adjacent to an activating group) is 1. The number of anilines is 1. The van der Waals surface area contributed by atoms with Crippen molar-refractivity contribution in [3.8, 4) is 0 Å². The standard InChI is InChI=1S/C23H28N6O2/c1-14-21-18(11-19(16-8-9-16)26-22(21)29(4)27-14)23(31)24-12-15-6-5-7-17(10-15)25-20(30)13-28(2)3/h5-7,10-11,16H,8-9,12-13H2,1-4H3,(H,24,31)(H,25,30). The number of carbonyl (C=O) groups excluding carboxylic acids is 2. The Morgan fingerprint density at radius 2 is 2.00 bits per heavy atom. The van der Waals surface area contributed by atoms with Gasteiger partial charge in [0.05, 0.1) is 23.2 Å². The Kier molecular flexibility index (Phi) is 5.73. The smallest absolute Gasteiger partial charge is 0.252 e. The number of amides is 2. The van der Waals surface area contributed by atoms with Crippen molar-refractivity contribution in [1.82, 2.24) is 25.0 Å². The van der Waals surface area contributed by atoms with Gasteiger partial charge in [0.15, 0.2) is 5.65 Å². The lowest BCUT2D eigenvalue weighted by Gasteiger charge is -2.12. The molecule has 8 nitrogen and oxygen atoms in total. The monoisotopic (exact) mass is 420 g/mol. The number of nitrogens with one attached hydrogen (secondary N) is 2. The van der Waals surface area contributed by atoms with Gasteiger partial charge in [-0.2, -0.15) is 5.10 Å². The van der Waals surface area contributed by atoms with Gasteiger partial charge >= 0.3 is 0 Å². The number of nitrogens with zero attached hydrogens (tertiary/aromatic N) is 4. The van der Waals surface area contributed by atoms with Gasteiger partial charge in [0.2, 0.25) is 5.91 Å². The molecule has 0 unspecified atom stereocenters. The summed E-state index contributed by atoms with van der Waals surface area (Å²) in [5, 5.41) is 11.2. The molecule has 1 aromatic carbocycles. The van der Waals surface area contributed by atoms with Crippen LogP contribution in [0, 0.1) is 6.92 Å². The molecule has 1 fully saturated rings. The van der Waals surface area contributed by atoms with E-state index in [2.05, 4.69) is 15.7 Å². The second-order valence-corrected chi connectivity index (χ2v) is 8.45. The molecule has 1 aliphatic carbocycles. The molecule has 0 atom stereocenters. The van der Waals surface area contributed by atoms with Gasteiger partial charge in [0.25, 0.3) is 5.91 Å². The van der Waals surface area contributed by atoms with Crippen LogP contribution in [0.3, 0.4) is 0 Å². The van der Waals surface area contributed by atoms with Crippen LogP contribution in [0.2, 0.25) is 0 Å². The topological polar surface area (TPSA) is 92.1 Å². The molecule has 0 bridgehead atoms. The molecule has 0 saturated heterocycles. The molecule has 1 aliphatic rings. The molecule has 0 radical (unpaired) electrons. The minimum Gasteiger partial charge on any atom is -0.348 e. The maximum absolute atomic E-state index is 13.1. The minimum absolute atomic E-state index is 0.0787. The van der Waals surface area contributed by atoms with E-state index in [0.717, 1.165) is 40.8 Å². The predicted octanol–water partition coefficient (Wildman–Crippen LogP) is 2.58. The summed E-state index contributed by atoms with van der Waals surface area (Å²) < 4.78 is 1.74. The van der Waals surface area contributed by atoms with E-state index in [1.165, 1.54) is 0 Å². The second kappa shape index (κ2) is 8.47. The number of aryl methyl sites for hydroxylation is 2. The molecule has 162 valence electrons. The molecule has 2 heterocycles. The normalized spacial score (nSPS) is 13.6. The zero-order valence-corrected chi connectivity index (χ0v) is 18.4. The average molecular weight is 421 g/mol. The maximum Gasteiger partial charge on any atom is 0.252 e. The first-order valence-corrected chi connectivity index (χ1v) is 10.5. The van der Waals surface area contributed by atoms with Gasteiger partial charge in [-0.1, -0.05) is 12.1 Å². The molecule has 31 heavy (non-hydrogen) atoms. The number of hydrogen-bond acceptors (Lipinski definition) is 5. The van der Waals surface area contributed by atoms with Crippen LogP contribution in [-0.4, -0.2) is 52.1 Å². The fourth-order valence-electron chi connectivity index (χ4n) is 3.76. The fraction of sp³-hybridized carbons (Fsp3) is 0.391. The van der Waals surface area contributed by atoms with Crippen molar-refractivity contribution in [2.75, 3.05) is 26.0 Å². The molecule has 2 N–H and O–H groups in total. The Bertz CT molecular complexity index is 1150. The minimum atomic E-state index is -0.146. The summed E-state index contributed by atoms with van der Waals surface area (Å²) in [7, 11) is 5.55. The number of rotatable bonds is 7. The summed E-state index contributed by atoms with van der Waals surface area (Å²) in [6.45, 7) is 2.57. The van der Waals surface area contributed by atoms with E-state index in [0.29, 0.717) is 30.3 Å². The van der Waals surface area contributed by atoms with Crippen LogP contribution in [-0.2, 0) is 18.4 Å². The molecule has 0 aliphatic heterocycles. The van der Waals surface area contributed by atoms with Gasteiger partial charge in [-0.05, 0) is 57.6 Å². The van der Waals surface area contributed by atoms with E-state index < -0.39 is 0 Å². The van der Waals surface area contributed by atoms with Crippen molar-refractivity contribution in [2.24, 2.45) is 7.05 Å². The number of fused-ring (bicyclic) bond motifs is 1. The van der Waals surface area contributed by atoms with Gasteiger partial charge < -0.3 is 15.5 Å². The van der Waals surface area contributed by atoms with E-state index >= 15 is 0 Å². The van der Waals surface area contributed by atoms with Crippen molar-refractivity contribution in [1.29, 1.82) is 0 Å². The van der Waals surface area contributed by atoms with Crippen LogP contribution in [0.4, 0.5) is 5.69 Å². The number of pyridine rings is 1. The Hall–Kier alpha value is -3.26. The van der Waals surface area contributed by atoms with Gasteiger partial charge in [-0.15, -0.1) is 0 Å². The van der Waals surface area contributed by atoms with Crippen molar-refractivity contribution in [2.45, 2.75) is 32.2 Å². The first-order valence-electron chi connectivity index (χ1n) is 10.5. The first-order chi connectivity index (χ1) is 14.8. The lowest BCUT2D eigenvalue weighted by Crippen LogP contribution is -2.27. The summed E-state index contributed by atoms with van der Waals surface area (Å²) >= 11 is 0. The third kappa shape index (κ3) is 4.74. The predicted molar refractivity (Wildman–Crippen MR) is 120 cm³/mol. The van der Waals surface area contributed by atoms with Crippen LogP contribution in [0.1, 0.15) is 46.1 Å². The summed E-state index contributed by atoms with van der Waals surface area (Å²) in [6, 6.07) is 9.43. The molecule has 3 aromatic rings. The van der Waals surface area contributed by atoms with Crippen LogP contribution >= 0.6 is 0 Å². The maximum atomic E-state index is 13.1. The number of benzene rings is 1. The van der Waals surface area contributed by atoms with Crippen molar-refractivity contribution in [3.63, 3.8) is 0 Å². The van der Waals surface area contributed by atoms with Crippen LogP contribution < -0.4 is 10.6 Å². The number of hydrogen-bond donors (Lipinski definition) is 2. The third-order valence-corrected chi connectivity index (χ3v) is 5.35. The van der Waals surface area contributed by atoms with Gasteiger partial charge in [0.1, 0.15) is 0 Å². The highest BCUT2D eigenvalue weighted by Crippen LogP contribution is 2.40. The number of carbonyl (C=O) groups is 2. The third-order valence-electron chi connectivity index (χ3n) is 5.35. The number of aromatic nitrogens is 3. The summed E-state index contributed by atoms with van der Waals surface area (Å²) in [6.07, 6.45) is 2.23. The Labute approximate surface area is 181 Å². The van der Waals surface area contributed by atoms with Gasteiger partial charge in [0, 0.05) is 30.9 Å². The van der Waals surface area contributed by atoms with E-state index in [9.17, 15) is 9.59 Å². The Balaban J connectivity index is 1.51. The highest BCUT2D eigenvalue weighted by molar-refractivity contribution is 6.06. The molecular formula is C23H28N6O2. The molecule has 8 heteroatoms. The summed E-state index contributed by atoms with van der Waals surface area (Å²) in [4.78, 5) is 31.7. The fourth-order valence-corrected chi connectivity index (χ4v) is 3.76. The molecule has 2 amide bonds. The first kappa shape index (κ1) is 21.0. The highest BCUT2D eigenvalue weighted by Gasteiger charge is 2.28. The van der Waals surface area contributed by atoms with E-state index in [1.54, 1.807) is 4.68 Å². The largest absolute Gasteiger partial charge is 0.348 e. The second-order valence-electron chi connectivity index (χ2n) is 8.45. The molecular weight excluding hydrogens is 392 g/mol. The molecule has 0 spiro atoms. The molecule has 4 rings (SSSR count). The molecule has 1 saturated carbocycles. The molecule has 2 aromatic heterocycles. The van der Waals surface area contributed by atoms with E-state index in [4.69, 9.17) is 4.98 Å². The van der Waals surface area contributed by atoms with Crippen molar-refractivity contribution in [3.05, 3.63) is 52.8 Å². The summed E-state index contributed by atoms with van der Waals surface area (Å²) in [5.74, 6) is 0.214. The van der Waals surface area contributed by atoms with E-state index in [1.807, 2.05) is 63.3 Å². The Morgan fingerprint density at radius 1 is 1.23 bits per heavy atom. The quantitative estimate of drug-likeness (QED) is 0.613. The Morgan fingerprint density at radius 3 is 2.71 bits per heavy atom. The van der Waals surface area contributed by atoms with Crippen molar-refractivity contribution < 1.29 is 9.59 Å². The average Bonchev–Trinajstić information content (AvgIpc) is 3.51. The van der Waals surface area contributed by atoms with Crippen LogP contribution in [0.25, 0.3) is 11.0 Å². The summed E-state index contributed by atoms with van der Waals surface area (Å²) in [5.41, 5.74) is 4.75. The lowest BCUT2D eigenvalue weighted by molar-refractivity contribution is -0.116. The van der Waals surface area contributed by atoms with Crippen molar-refractivity contribution >= 4 is 28.5 Å². The van der Waals surface area contributed by atoms with Gasteiger partial charge in [-0.3, -0.25) is 14.3 Å². The van der Waals surface area contributed by atoms with Crippen LogP contribution in [0.15, 0.2) is 30.3 Å². The van der Waals surface area contributed by atoms with Crippen LogP contribution in [0.5, 0.6) is 0 Å². The lowest BCUT2D eigenvalue weighted by atomic mass is 10.1. The SMILES string of the molecule is Cc1nn(C)c2nc(C3CC3)cc(C(=O)NCc3cccc(NC(=O)CN(C)C)c3)c12. The zero-order chi connectivity index (χ0) is 22.1. The van der Waals surface area contributed by atoms with E-state index in [-0.39, 0.29) is 11.8 Å². The van der Waals surface area contributed by atoms with Gasteiger partial charge in [-0.25, -0.2) is 4.98 Å².